The van der Waals surface area contributed by atoms with E-state index < -0.39 is 0 Å². The molecule has 1 fully saturated rings. The Bertz CT molecular complexity index is 299. The number of halogens is 1. The molecule has 2 atom stereocenters. The van der Waals surface area contributed by atoms with Crippen molar-refractivity contribution in [2.24, 2.45) is 11.7 Å². The summed E-state index contributed by atoms with van der Waals surface area (Å²) in [7, 11) is 0. The van der Waals surface area contributed by atoms with Crippen molar-refractivity contribution < 1.29 is 9.13 Å². The fourth-order valence-electron chi connectivity index (χ4n) is 1.90. The Kier molecular flexibility index (Phi) is 2.79. The molecule has 1 saturated heterocycles. The molecule has 76 valence electrons. The first-order valence-corrected chi connectivity index (χ1v) is 4.88. The van der Waals surface area contributed by atoms with Crippen LogP contribution in [0, 0.1) is 11.7 Å². The van der Waals surface area contributed by atoms with Crippen LogP contribution in [0.3, 0.4) is 0 Å². The lowest BCUT2D eigenvalue weighted by atomic mass is 9.96. The van der Waals surface area contributed by atoms with Gasteiger partial charge in [0.05, 0.1) is 6.10 Å². The van der Waals surface area contributed by atoms with E-state index in [1.54, 1.807) is 12.1 Å². The van der Waals surface area contributed by atoms with Crippen molar-refractivity contribution >= 4 is 0 Å². The van der Waals surface area contributed by atoms with Gasteiger partial charge in [-0.3, -0.25) is 0 Å². The van der Waals surface area contributed by atoms with E-state index in [9.17, 15) is 4.39 Å². The molecule has 1 heterocycles. The van der Waals surface area contributed by atoms with Crippen LogP contribution in [0.5, 0.6) is 0 Å². The van der Waals surface area contributed by atoms with Gasteiger partial charge in [-0.25, -0.2) is 4.39 Å². The SMILES string of the molecule is NCC1CCOC1c1ccc(F)cc1. The third-order valence-electron chi connectivity index (χ3n) is 2.72. The van der Waals surface area contributed by atoms with Gasteiger partial charge in [-0.05, 0) is 30.7 Å². The first-order valence-electron chi connectivity index (χ1n) is 4.88. The van der Waals surface area contributed by atoms with Gasteiger partial charge < -0.3 is 10.5 Å². The normalized spacial score (nSPS) is 26.7. The van der Waals surface area contributed by atoms with Crippen LogP contribution in [0.2, 0.25) is 0 Å². The molecule has 1 aliphatic heterocycles. The average molecular weight is 195 g/mol. The highest BCUT2D eigenvalue weighted by Gasteiger charge is 2.28. The van der Waals surface area contributed by atoms with E-state index in [2.05, 4.69) is 0 Å². The van der Waals surface area contributed by atoms with Gasteiger partial charge in [-0.15, -0.1) is 0 Å². The third kappa shape index (κ3) is 1.79. The molecule has 1 aromatic rings. The highest BCUT2D eigenvalue weighted by Crippen LogP contribution is 2.33. The molecule has 1 aliphatic rings. The highest BCUT2D eigenvalue weighted by atomic mass is 19.1. The van der Waals surface area contributed by atoms with Crippen LogP contribution < -0.4 is 5.73 Å². The monoisotopic (exact) mass is 195 g/mol. The molecule has 0 radical (unpaired) electrons. The molecule has 3 heteroatoms. The Labute approximate surface area is 82.9 Å². The minimum absolute atomic E-state index is 0.0561. The molecule has 0 aliphatic carbocycles. The maximum absolute atomic E-state index is 12.7. The van der Waals surface area contributed by atoms with Gasteiger partial charge in [0, 0.05) is 12.5 Å². The molecule has 0 saturated carbocycles. The van der Waals surface area contributed by atoms with Crippen molar-refractivity contribution in [3.63, 3.8) is 0 Å². The third-order valence-corrected chi connectivity index (χ3v) is 2.72. The Morgan fingerprint density at radius 1 is 1.36 bits per heavy atom. The molecule has 0 spiro atoms. The fraction of sp³-hybridized carbons (Fsp3) is 0.455. The fourth-order valence-corrected chi connectivity index (χ4v) is 1.90. The number of rotatable bonds is 2. The first kappa shape index (κ1) is 9.62. The summed E-state index contributed by atoms with van der Waals surface area (Å²) < 4.78 is 18.3. The molecular weight excluding hydrogens is 181 g/mol. The maximum Gasteiger partial charge on any atom is 0.123 e. The van der Waals surface area contributed by atoms with Gasteiger partial charge in [0.1, 0.15) is 5.82 Å². The molecule has 0 aromatic heterocycles. The van der Waals surface area contributed by atoms with E-state index in [1.807, 2.05) is 0 Å². The van der Waals surface area contributed by atoms with Crippen molar-refractivity contribution in [1.82, 2.24) is 0 Å². The Hall–Kier alpha value is -0.930. The second-order valence-corrected chi connectivity index (χ2v) is 3.63. The lowest BCUT2D eigenvalue weighted by Crippen LogP contribution is -2.17. The minimum Gasteiger partial charge on any atom is -0.373 e. The zero-order chi connectivity index (χ0) is 9.97. The highest BCUT2D eigenvalue weighted by molar-refractivity contribution is 5.20. The van der Waals surface area contributed by atoms with Crippen LogP contribution in [-0.2, 0) is 4.74 Å². The van der Waals surface area contributed by atoms with E-state index >= 15 is 0 Å². The standard InChI is InChI=1S/C11H14FNO/c12-10-3-1-8(2-4-10)11-9(7-13)5-6-14-11/h1-4,9,11H,5-7,13H2. The largest absolute Gasteiger partial charge is 0.373 e. The molecule has 14 heavy (non-hydrogen) atoms. The molecule has 0 amide bonds. The number of hydrogen-bond donors (Lipinski definition) is 1. The van der Waals surface area contributed by atoms with Crippen LogP contribution in [0.25, 0.3) is 0 Å². The molecule has 2 unspecified atom stereocenters. The van der Waals surface area contributed by atoms with E-state index in [1.165, 1.54) is 12.1 Å². The summed E-state index contributed by atoms with van der Waals surface area (Å²) in [6, 6.07) is 6.47. The molecular formula is C11H14FNO. The van der Waals surface area contributed by atoms with Crippen LogP contribution >= 0.6 is 0 Å². The zero-order valence-corrected chi connectivity index (χ0v) is 7.95. The molecule has 0 bridgehead atoms. The van der Waals surface area contributed by atoms with Gasteiger partial charge in [0.25, 0.3) is 0 Å². The van der Waals surface area contributed by atoms with Crippen molar-refractivity contribution in [2.45, 2.75) is 12.5 Å². The van der Waals surface area contributed by atoms with Gasteiger partial charge in [-0.2, -0.15) is 0 Å². The molecule has 1 aromatic carbocycles. The van der Waals surface area contributed by atoms with Crippen molar-refractivity contribution in [3.8, 4) is 0 Å². The molecule has 2 nitrogen and oxygen atoms in total. The summed E-state index contributed by atoms with van der Waals surface area (Å²) in [5.41, 5.74) is 6.66. The predicted molar refractivity (Wildman–Crippen MR) is 52.3 cm³/mol. The number of nitrogens with two attached hydrogens (primary N) is 1. The smallest absolute Gasteiger partial charge is 0.123 e. The van der Waals surface area contributed by atoms with Gasteiger partial charge in [0.15, 0.2) is 0 Å². The zero-order valence-electron chi connectivity index (χ0n) is 7.95. The maximum atomic E-state index is 12.7. The number of hydrogen-bond acceptors (Lipinski definition) is 2. The van der Waals surface area contributed by atoms with E-state index in [-0.39, 0.29) is 11.9 Å². The van der Waals surface area contributed by atoms with Crippen molar-refractivity contribution in [1.29, 1.82) is 0 Å². The predicted octanol–water partition coefficient (Wildman–Crippen LogP) is 1.86. The number of benzene rings is 1. The van der Waals surface area contributed by atoms with Crippen molar-refractivity contribution in [3.05, 3.63) is 35.6 Å². The van der Waals surface area contributed by atoms with Crippen LogP contribution in [-0.4, -0.2) is 13.2 Å². The summed E-state index contributed by atoms with van der Waals surface area (Å²) in [4.78, 5) is 0. The topological polar surface area (TPSA) is 35.2 Å². The molecule has 2 rings (SSSR count). The van der Waals surface area contributed by atoms with Crippen molar-refractivity contribution in [2.75, 3.05) is 13.2 Å². The van der Waals surface area contributed by atoms with Crippen LogP contribution in [0.4, 0.5) is 4.39 Å². The Balaban J connectivity index is 2.17. The summed E-state index contributed by atoms with van der Waals surface area (Å²) in [5, 5.41) is 0. The van der Waals surface area contributed by atoms with E-state index in [0.717, 1.165) is 18.6 Å². The molecule has 2 N–H and O–H groups in total. The van der Waals surface area contributed by atoms with Gasteiger partial charge in [-0.1, -0.05) is 12.1 Å². The van der Waals surface area contributed by atoms with Crippen LogP contribution in [0.1, 0.15) is 18.1 Å². The van der Waals surface area contributed by atoms with Crippen LogP contribution in [0.15, 0.2) is 24.3 Å². The second-order valence-electron chi connectivity index (χ2n) is 3.63. The number of ether oxygens (including phenoxy) is 1. The Morgan fingerprint density at radius 2 is 2.07 bits per heavy atom. The van der Waals surface area contributed by atoms with E-state index in [0.29, 0.717) is 12.5 Å². The first-order chi connectivity index (χ1) is 6.81. The lowest BCUT2D eigenvalue weighted by molar-refractivity contribution is 0.0924. The average Bonchev–Trinajstić information content (AvgIpc) is 2.67. The lowest BCUT2D eigenvalue weighted by Gasteiger charge is -2.16. The van der Waals surface area contributed by atoms with Gasteiger partial charge >= 0.3 is 0 Å². The summed E-state index contributed by atoms with van der Waals surface area (Å²) in [5.74, 6) is 0.163. The summed E-state index contributed by atoms with van der Waals surface area (Å²) in [6.45, 7) is 1.38. The summed E-state index contributed by atoms with van der Waals surface area (Å²) >= 11 is 0. The van der Waals surface area contributed by atoms with E-state index in [4.69, 9.17) is 10.5 Å². The quantitative estimate of drug-likeness (QED) is 0.781. The Morgan fingerprint density at radius 3 is 2.71 bits per heavy atom. The second kappa shape index (κ2) is 4.07. The summed E-state index contributed by atoms with van der Waals surface area (Å²) in [6.07, 6.45) is 1.05. The van der Waals surface area contributed by atoms with Gasteiger partial charge in [0.2, 0.25) is 0 Å². The minimum atomic E-state index is -0.212.